The topological polar surface area (TPSA) is 40.5 Å². The second-order valence-electron chi connectivity index (χ2n) is 4.46. The average molecular weight is 213 g/mol. The number of rotatable bonds is 5. The lowest BCUT2D eigenvalue weighted by Crippen LogP contribution is -2.48. The molecule has 15 heavy (non-hydrogen) atoms. The SMILES string of the molecule is CCC(CC)C(C(=O)O)N1CCCCC1. The first kappa shape index (κ1) is 12.5. The average Bonchev–Trinajstić information content (AvgIpc) is 2.26. The molecule has 0 aliphatic carbocycles. The number of hydrogen-bond donors (Lipinski definition) is 1. The Labute approximate surface area is 92.5 Å². The van der Waals surface area contributed by atoms with Crippen LogP contribution < -0.4 is 0 Å². The van der Waals surface area contributed by atoms with Crippen LogP contribution in [0.25, 0.3) is 0 Å². The molecule has 0 aromatic rings. The minimum atomic E-state index is -0.634. The minimum Gasteiger partial charge on any atom is -0.480 e. The van der Waals surface area contributed by atoms with E-state index >= 15 is 0 Å². The number of carbonyl (C=O) groups is 1. The third kappa shape index (κ3) is 3.20. The Balaban J connectivity index is 2.66. The van der Waals surface area contributed by atoms with Crippen LogP contribution in [0.15, 0.2) is 0 Å². The summed E-state index contributed by atoms with van der Waals surface area (Å²) in [4.78, 5) is 13.5. The summed E-state index contributed by atoms with van der Waals surface area (Å²) < 4.78 is 0. The van der Waals surface area contributed by atoms with Gasteiger partial charge in [0.1, 0.15) is 6.04 Å². The number of carboxylic acids is 1. The molecule has 1 unspecified atom stereocenters. The third-order valence-corrected chi connectivity index (χ3v) is 3.53. The highest BCUT2D eigenvalue weighted by Gasteiger charge is 2.32. The Morgan fingerprint density at radius 2 is 1.73 bits per heavy atom. The van der Waals surface area contributed by atoms with E-state index in [9.17, 15) is 9.90 Å². The van der Waals surface area contributed by atoms with E-state index in [-0.39, 0.29) is 6.04 Å². The maximum atomic E-state index is 11.3. The zero-order valence-electron chi connectivity index (χ0n) is 9.91. The molecular weight excluding hydrogens is 190 g/mol. The van der Waals surface area contributed by atoms with Gasteiger partial charge in [-0.05, 0) is 31.8 Å². The molecule has 0 amide bonds. The predicted molar refractivity (Wildman–Crippen MR) is 60.9 cm³/mol. The van der Waals surface area contributed by atoms with Gasteiger partial charge in [0.05, 0.1) is 0 Å². The maximum absolute atomic E-state index is 11.3. The van der Waals surface area contributed by atoms with Crippen molar-refractivity contribution < 1.29 is 9.90 Å². The number of carboxylic acid groups (broad SMARTS) is 1. The van der Waals surface area contributed by atoms with Crippen molar-refractivity contribution in [3.8, 4) is 0 Å². The summed E-state index contributed by atoms with van der Waals surface area (Å²) in [7, 11) is 0. The fourth-order valence-corrected chi connectivity index (χ4v) is 2.59. The normalized spacial score (nSPS) is 20.5. The molecule has 0 spiro atoms. The summed E-state index contributed by atoms with van der Waals surface area (Å²) in [6.07, 6.45) is 5.49. The second kappa shape index (κ2) is 6.11. The van der Waals surface area contributed by atoms with E-state index in [1.165, 1.54) is 6.42 Å². The highest BCUT2D eigenvalue weighted by molar-refractivity contribution is 5.73. The molecule has 0 aromatic heterocycles. The first-order chi connectivity index (χ1) is 7.20. The van der Waals surface area contributed by atoms with Gasteiger partial charge in [-0.25, -0.2) is 0 Å². The van der Waals surface area contributed by atoms with Crippen molar-refractivity contribution in [2.24, 2.45) is 5.92 Å². The number of aliphatic carboxylic acids is 1. The van der Waals surface area contributed by atoms with Gasteiger partial charge in [0.15, 0.2) is 0 Å². The highest BCUT2D eigenvalue weighted by Crippen LogP contribution is 2.22. The molecule has 0 saturated carbocycles. The van der Waals surface area contributed by atoms with E-state index in [0.717, 1.165) is 38.8 Å². The molecule has 3 nitrogen and oxygen atoms in total. The van der Waals surface area contributed by atoms with Crippen LogP contribution in [-0.4, -0.2) is 35.1 Å². The molecule has 1 atom stereocenters. The number of likely N-dealkylation sites (tertiary alicyclic amines) is 1. The summed E-state index contributed by atoms with van der Waals surface area (Å²) in [6.45, 7) is 6.11. The molecule has 1 aliphatic heterocycles. The summed E-state index contributed by atoms with van der Waals surface area (Å²) in [5.74, 6) is -0.328. The third-order valence-electron chi connectivity index (χ3n) is 3.53. The molecule has 0 radical (unpaired) electrons. The second-order valence-corrected chi connectivity index (χ2v) is 4.46. The van der Waals surface area contributed by atoms with Crippen molar-refractivity contribution in [3.05, 3.63) is 0 Å². The van der Waals surface area contributed by atoms with E-state index in [0.29, 0.717) is 5.92 Å². The lowest BCUT2D eigenvalue weighted by atomic mass is 9.91. The molecule has 1 rings (SSSR count). The standard InChI is InChI=1S/C12H23NO2/c1-3-10(4-2)11(12(14)15)13-8-6-5-7-9-13/h10-11H,3-9H2,1-2H3,(H,14,15). The first-order valence-corrected chi connectivity index (χ1v) is 6.17. The Hall–Kier alpha value is -0.570. The molecule has 1 aliphatic rings. The van der Waals surface area contributed by atoms with Crippen molar-refractivity contribution >= 4 is 5.97 Å². The van der Waals surface area contributed by atoms with Crippen molar-refractivity contribution in [2.75, 3.05) is 13.1 Å². The van der Waals surface area contributed by atoms with E-state index in [4.69, 9.17) is 0 Å². The van der Waals surface area contributed by atoms with Crippen molar-refractivity contribution in [1.29, 1.82) is 0 Å². The molecule has 1 saturated heterocycles. The summed E-state index contributed by atoms with van der Waals surface area (Å²) in [6, 6.07) is -0.250. The van der Waals surface area contributed by atoms with Gasteiger partial charge >= 0.3 is 5.97 Å². The Morgan fingerprint density at radius 3 is 2.13 bits per heavy atom. The van der Waals surface area contributed by atoms with Crippen LogP contribution in [0.3, 0.4) is 0 Å². The molecule has 1 fully saturated rings. The zero-order chi connectivity index (χ0) is 11.3. The predicted octanol–water partition coefficient (Wildman–Crippen LogP) is 2.36. The van der Waals surface area contributed by atoms with Crippen molar-refractivity contribution in [2.45, 2.75) is 52.0 Å². The van der Waals surface area contributed by atoms with Crippen LogP contribution in [-0.2, 0) is 4.79 Å². The Morgan fingerprint density at radius 1 is 1.20 bits per heavy atom. The van der Waals surface area contributed by atoms with Gasteiger partial charge in [-0.3, -0.25) is 9.69 Å². The van der Waals surface area contributed by atoms with Crippen molar-refractivity contribution in [1.82, 2.24) is 4.90 Å². The van der Waals surface area contributed by atoms with E-state index < -0.39 is 5.97 Å². The molecule has 0 bridgehead atoms. The zero-order valence-corrected chi connectivity index (χ0v) is 9.91. The Bertz CT molecular complexity index is 196. The van der Waals surface area contributed by atoms with Gasteiger partial charge in [0, 0.05) is 0 Å². The van der Waals surface area contributed by atoms with Crippen LogP contribution >= 0.6 is 0 Å². The highest BCUT2D eigenvalue weighted by atomic mass is 16.4. The van der Waals surface area contributed by atoms with Gasteiger partial charge in [-0.15, -0.1) is 0 Å². The monoisotopic (exact) mass is 213 g/mol. The number of nitrogens with zero attached hydrogens (tertiary/aromatic N) is 1. The first-order valence-electron chi connectivity index (χ1n) is 6.17. The Kier molecular flexibility index (Phi) is 5.09. The number of hydrogen-bond acceptors (Lipinski definition) is 2. The molecule has 3 heteroatoms. The van der Waals surface area contributed by atoms with Gasteiger partial charge in [-0.1, -0.05) is 33.1 Å². The summed E-state index contributed by atoms with van der Waals surface area (Å²) in [5.41, 5.74) is 0. The van der Waals surface area contributed by atoms with Crippen molar-refractivity contribution in [3.63, 3.8) is 0 Å². The molecule has 1 heterocycles. The molecule has 88 valence electrons. The van der Waals surface area contributed by atoms with Gasteiger partial charge in [0.25, 0.3) is 0 Å². The summed E-state index contributed by atoms with van der Waals surface area (Å²) in [5, 5.41) is 9.32. The molecule has 0 aromatic carbocycles. The lowest BCUT2D eigenvalue weighted by Gasteiger charge is -2.36. The molecular formula is C12H23NO2. The largest absolute Gasteiger partial charge is 0.480 e. The van der Waals surface area contributed by atoms with Crippen LogP contribution in [0, 0.1) is 5.92 Å². The van der Waals surface area contributed by atoms with E-state index in [1.54, 1.807) is 0 Å². The van der Waals surface area contributed by atoms with Crippen LogP contribution in [0.1, 0.15) is 46.0 Å². The maximum Gasteiger partial charge on any atom is 0.321 e. The van der Waals surface area contributed by atoms with E-state index in [1.807, 2.05) is 0 Å². The van der Waals surface area contributed by atoms with Crippen LogP contribution in [0.5, 0.6) is 0 Å². The smallest absolute Gasteiger partial charge is 0.321 e. The fraction of sp³-hybridized carbons (Fsp3) is 0.917. The lowest BCUT2D eigenvalue weighted by molar-refractivity contribution is -0.146. The number of piperidine rings is 1. The van der Waals surface area contributed by atoms with Crippen LogP contribution in [0.2, 0.25) is 0 Å². The van der Waals surface area contributed by atoms with E-state index in [2.05, 4.69) is 18.7 Å². The molecule has 1 N–H and O–H groups in total. The quantitative estimate of drug-likeness (QED) is 0.762. The van der Waals surface area contributed by atoms with Gasteiger partial charge < -0.3 is 5.11 Å². The summed E-state index contributed by atoms with van der Waals surface area (Å²) >= 11 is 0. The minimum absolute atomic E-state index is 0.250. The van der Waals surface area contributed by atoms with Gasteiger partial charge in [0.2, 0.25) is 0 Å². The van der Waals surface area contributed by atoms with Crippen LogP contribution in [0.4, 0.5) is 0 Å². The fourth-order valence-electron chi connectivity index (χ4n) is 2.59. The van der Waals surface area contributed by atoms with Gasteiger partial charge in [-0.2, -0.15) is 0 Å².